The van der Waals surface area contributed by atoms with Gasteiger partial charge in [0.05, 0.1) is 25.6 Å². The Balaban J connectivity index is 1.39. The van der Waals surface area contributed by atoms with Crippen molar-refractivity contribution in [3.8, 4) is 5.88 Å². The number of aromatic nitrogens is 2. The van der Waals surface area contributed by atoms with Crippen LogP contribution in [0, 0.1) is 0 Å². The number of amides is 2. The van der Waals surface area contributed by atoms with Gasteiger partial charge in [0, 0.05) is 30.0 Å². The maximum absolute atomic E-state index is 12.7. The summed E-state index contributed by atoms with van der Waals surface area (Å²) in [6.07, 6.45) is 3.29. The molecule has 2 atom stereocenters. The molecule has 3 heterocycles. The molecule has 178 valence electrons. The lowest BCUT2D eigenvalue weighted by atomic mass is 9.84. The normalized spacial score (nSPS) is 20.9. The van der Waals surface area contributed by atoms with Crippen LogP contribution >= 0.6 is 11.8 Å². The van der Waals surface area contributed by atoms with E-state index in [0.29, 0.717) is 41.1 Å². The largest absolute Gasteiger partial charge is 0.480 e. The van der Waals surface area contributed by atoms with Gasteiger partial charge in [-0.3, -0.25) is 9.59 Å². The van der Waals surface area contributed by atoms with Gasteiger partial charge in [-0.05, 0) is 29.8 Å². The summed E-state index contributed by atoms with van der Waals surface area (Å²) in [6, 6.07) is 16.6. The van der Waals surface area contributed by atoms with Crippen LogP contribution in [0.3, 0.4) is 0 Å². The van der Waals surface area contributed by atoms with E-state index in [-0.39, 0.29) is 23.6 Å². The van der Waals surface area contributed by atoms with Gasteiger partial charge in [0.2, 0.25) is 5.88 Å². The number of aliphatic imine (C=N–C) groups is 1. The molecule has 0 spiro atoms. The Kier molecular flexibility index (Phi) is 6.47. The number of amidine groups is 1. The number of anilines is 1. The Morgan fingerprint density at radius 3 is 2.69 bits per heavy atom. The summed E-state index contributed by atoms with van der Waals surface area (Å²) in [4.78, 5) is 38.5. The van der Waals surface area contributed by atoms with Crippen molar-refractivity contribution in [2.45, 2.75) is 18.1 Å². The third-order valence-corrected chi connectivity index (χ3v) is 6.89. The maximum Gasteiger partial charge on any atom is 0.275 e. The topological polar surface area (TPSA) is 115 Å². The number of thioether (sulfide) groups is 1. The van der Waals surface area contributed by atoms with Gasteiger partial charge in [-0.2, -0.15) is 0 Å². The van der Waals surface area contributed by atoms with Gasteiger partial charge < -0.3 is 20.1 Å². The van der Waals surface area contributed by atoms with Crippen molar-refractivity contribution >= 4 is 34.4 Å². The van der Waals surface area contributed by atoms with E-state index >= 15 is 0 Å². The highest BCUT2D eigenvalue weighted by Crippen LogP contribution is 2.45. The zero-order valence-electron chi connectivity index (χ0n) is 18.9. The molecule has 35 heavy (non-hydrogen) atoms. The Morgan fingerprint density at radius 2 is 1.91 bits per heavy atom. The SMILES string of the molecule is COc1cnc(C(=O)Nc2cccc([C@]34CCO[C@H]3CSC(NC(=O)c3ccccc3)=N4)c2)cn1. The smallest absolute Gasteiger partial charge is 0.275 e. The van der Waals surface area contributed by atoms with Crippen molar-refractivity contribution in [2.75, 3.05) is 24.8 Å². The fraction of sp³-hybridized carbons (Fsp3) is 0.240. The van der Waals surface area contributed by atoms with E-state index in [9.17, 15) is 9.59 Å². The summed E-state index contributed by atoms with van der Waals surface area (Å²) < 4.78 is 11.0. The van der Waals surface area contributed by atoms with Crippen molar-refractivity contribution in [3.05, 3.63) is 83.8 Å². The third kappa shape index (κ3) is 4.75. The van der Waals surface area contributed by atoms with Gasteiger partial charge >= 0.3 is 0 Å². The van der Waals surface area contributed by atoms with Crippen LogP contribution in [0.15, 0.2) is 72.0 Å². The molecule has 0 unspecified atom stereocenters. The summed E-state index contributed by atoms with van der Waals surface area (Å²) in [5.74, 6) is 0.406. The van der Waals surface area contributed by atoms with E-state index in [1.165, 1.54) is 31.3 Å². The Hall–Kier alpha value is -3.76. The molecule has 2 N–H and O–H groups in total. The highest BCUT2D eigenvalue weighted by molar-refractivity contribution is 8.14. The lowest BCUT2D eigenvalue weighted by Gasteiger charge is -2.35. The van der Waals surface area contributed by atoms with Gasteiger partial charge in [0.15, 0.2) is 5.17 Å². The van der Waals surface area contributed by atoms with Crippen molar-refractivity contribution in [3.63, 3.8) is 0 Å². The quantitative estimate of drug-likeness (QED) is 0.565. The lowest BCUT2D eigenvalue weighted by Crippen LogP contribution is -2.43. The number of nitrogens with zero attached hydrogens (tertiary/aromatic N) is 3. The third-order valence-electron chi connectivity index (χ3n) is 5.95. The highest BCUT2D eigenvalue weighted by Gasteiger charge is 2.48. The summed E-state index contributed by atoms with van der Waals surface area (Å²) >= 11 is 1.47. The van der Waals surface area contributed by atoms with E-state index in [4.69, 9.17) is 14.5 Å². The standard InChI is InChI=1S/C25H23N5O4S/c1-33-21-14-26-19(13-27-21)23(32)28-18-9-5-8-17(12-18)25-10-11-34-20(25)15-35-24(30-25)29-22(31)16-6-3-2-4-7-16/h2-9,12-14,20H,10-11,15H2,1H3,(H,28,32)(H,29,30,31)/t20-,25+/m0/s1. The average molecular weight is 490 g/mol. The number of fused-ring (bicyclic) bond motifs is 1. The minimum Gasteiger partial charge on any atom is -0.480 e. The molecule has 2 aromatic carbocycles. The maximum atomic E-state index is 12.7. The molecule has 0 radical (unpaired) electrons. The van der Waals surface area contributed by atoms with Crippen LogP contribution in [0.1, 0.15) is 32.8 Å². The molecule has 1 fully saturated rings. The first-order chi connectivity index (χ1) is 17.1. The van der Waals surface area contributed by atoms with Crippen molar-refractivity contribution in [2.24, 2.45) is 4.99 Å². The first-order valence-corrected chi connectivity index (χ1v) is 12.0. The van der Waals surface area contributed by atoms with Crippen LogP contribution < -0.4 is 15.4 Å². The predicted molar refractivity (Wildman–Crippen MR) is 133 cm³/mol. The van der Waals surface area contributed by atoms with E-state index in [1.54, 1.807) is 18.2 Å². The molecule has 1 saturated heterocycles. The Labute approximate surface area is 206 Å². The fourth-order valence-corrected chi connectivity index (χ4v) is 5.23. The number of rotatable bonds is 5. The molecular formula is C25H23N5O4S. The number of carbonyl (C=O) groups excluding carboxylic acids is 2. The predicted octanol–water partition coefficient (Wildman–Crippen LogP) is 3.25. The second kappa shape index (κ2) is 9.85. The zero-order chi connectivity index (χ0) is 24.3. The molecule has 9 nitrogen and oxygen atoms in total. The van der Waals surface area contributed by atoms with Crippen LogP contribution in [0.25, 0.3) is 0 Å². The van der Waals surface area contributed by atoms with Crippen molar-refractivity contribution in [1.29, 1.82) is 0 Å². The minimum atomic E-state index is -0.648. The first kappa shape index (κ1) is 23.0. The number of hydrogen-bond donors (Lipinski definition) is 2. The Bertz CT molecular complexity index is 1270. The molecule has 5 rings (SSSR count). The monoisotopic (exact) mass is 489 g/mol. The molecule has 0 bridgehead atoms. The number of carbonyl (C=O) groups is 2. The van der Waals surface area contributed by atoms with Crippen molar-refractivity contribution < 1.29 is 19.1 Å². The molecule has 1 aromatic heterocycles. The molecule has 0 saturated carbocycles. The molecule has 2 amide bonds. The highest BCUT2D eigenvalue weighted by atomic mass is 32.2. The number of methoxy groups -OCH3 is 1. The molecule has 0 aliphatic carbocycles. The molecule has 10 heteroatoms. The van der Waals surface area contributed by atoms with Gasteiger partial charge in [-0.1, -0.05) is 42.1 Å². The molecule has 2 aliphatic rings. The summed E-state index contributed by atoms with van der Waals surface area (Å²) in [7, 11) is 1.49. The van der Waals surface area contributed by atoms with E-state index < -0.39 is 5.54 Å². The second-order valence-corrected chi connectivity index (χ2v) is 9.07. The van der Waals surface area contributed by atoms with Gasteiger partial charge in [-0.15, -0.1) is 0 Å². The molecule has 3 aromatic rings. The second-order valence-electron chi connectivity index (χ2n) is 8.06. The lowest BCUT2D eigenvalue weighted by molar-refractivity contribution is 0.0958. The van der Waals surface area contributed by atoms with Gasteiger partial charge in [-0.25, -0.2) is 15.0 Å². The summed E-state index contributed by atoms with van der Waals surface area (Å²) in [5.41, 5.74) is 1.61. The summed E-state index contributed by atoms with van der Waals surface area (Å²) in [6.45, 7) is 0.562. The van der Waals surface area contributed by atoms with E-state index in [1.807, 2.05) is 36.4 Å². The molecular weight excluding hydrogens is 466 g/mol. The van der Waals surface area contributed by atoms with Crippen LogP contribution in [-0.4, -0.2) is 52.5 Å². The van der Waals surface area contributed by atoms with E-state index in [2.05, 4.69) is 20.6 Å². The zero-order valence-corrected chi connectivity index (χ0v) is 19.7. The van der Waals surface area contributed by atoms with Gasteiger partial charge in [0.1, 0.15) is 11.2 Å². The van der Waals surface area contributed by atoms with Gasteiger partial charge in [0.25, 0.3) is 11.8 Å². The van der Waals surface area contributed by atoms with Crippen LogP contribution in [-0.2, 0) is 10.3 Å². The fourth-order valence-electron chi connectivity index (χ4n) is 4.16. The first-order valence-electron chi connectivity index (χ1n) is 11.1. The Morgan fingerprint density at radius 1 is 1.06 bits per heavy atom. The van der Waals surface area contributed by atoms with Crippen LogP contribution in [0.5, 0.6) is 5.88 Å². The number of nitrogens with one attached hydrogen (secondary N) is 2. The summed E-state index contributed by atoms with van der Waals surface area (Å²) in [5, 5.41) is 6.37. The number of hydrogen-bond acceptors (Lipinski definition) is 8. The van der Waals surface area contributed by atoms with Crippen LogP contribution in [0.4, 0.5) is 5.69 Å². The molecule has 2 aliphatic heterocycles. The van der Waals surface area contributed by atoms with Crippen LogP contribution in [0.2, 0.25) is 0 Å². The van der Waals surface area contributed by atoms with Crippen molar-refractivity contribution in [1.82, 2.24) is 15.3 Å². The number of ether oxygens (including phenoxy) is 2. The van der Waals surface area contributed by atoms with E-state index in [0.717, 1.165) is 5.56 Å². The minimum absolute atomic E-state index is 0.136. The average Bonchev–Trinajstić information content (AvgIpc) is 3.34. The number of benzene rings is 2.